The van der Waals surface area contributed by atoms with Crippen LogP contribution in [0.3, 0.4) is 0 Å². The number of hydrogen-bond acceptors (Lipinski definition) is 3. The minimum Gasteiger partial charge on any atom is -0.497 e. The van der Waals surface area contributed by atoms with Gasteiger partial charge < -0.3 is 14.8 Å². The van der Waals surface area contributed by atoms with Crippen molar-refractivity contribution in [2.24, 2.45) is 5.92 Å². The normalized spacial score (nSPS) is 18.1. The first kappa shape index (κ1) is 20.2. The number of methoxy groups -OCH3 is 1. The van der Waals surface area contributed by atoms with E-state index >= 15 is 0 Å². The van der Waals surface area contributed by atoms with Crippen molar-refractivity contribution < 1.29 is 9.47 Å². The first-order chi connectivity index (χ1) is 13.7. The van der Waals surface area contributed by atoms with E-state index in [2.05, 4.69) is 73.8 Å². The zero-order valence-electron chi connectivity index (χ0n) is 17.2. The van der Waals surface area contributed by atoms with Gasteiger partial charge in [-0.05, 0) is 56.5 Å². The fourth-order valence-electron chi connectivity index (χ4n) is 3.70. The van der Waals surface area contributed by atoms with Gasteiger partial charge in [-0.25, -0.2) is 0 Å². The molecule has 148 valence electrons. The minimum absolute atomic E-state index is 0.213. The lowest BCUT2D eigenvalue weighted by molar-refractivity contribution is 0.0971. The van der Waals surface area contributed by atoms with Crippen molar-refractivity contribution >= 4 is 5.69 Å². The van der Waals surface area contributed by atoms with Crippen molar-refractivity contribution in [3.8, 4) is 5.75 Å². The molecule has 0 saturated carbocycles. The SMILES string of the molecule is COc1ccc(N[C@@H](C/C=C/[C@H]2COCCC2=C(C)C)c2ccccc2)cc1. The second kappa shape index (κ2) is 10.1. The van der Waals surface area contributed by atoms with Crippen LogP contribution in [-0.2, 0) is 4.74 Å². The lowest BCUT2D eigenvalue weighted by Gasteiger charge is -2.25. The lowest BCUT2D eigenvalue weighted by Crippen LogP contribution is -2.19. The summed E-state index contributed by atoms with van der Waals surface area (Å²) < 4.78 is 11.0. The number of allylic oxidation sites excluding steroid dienone is 1. The molecule has 0 amide bonds. The van der Waals surface area contributed by atoms with Gasteiger partial charge in [-0.3, -0.25) is 0 Å². The number of hydrogen-bond donors (Lipinski definition) is 1. The van der Waals surface area contributed by atoms with E-state index in [0.717, 1.165) is 37.5 Å². The summed E-state index contributed by atoms with van der Waals surface area (Å²) in [6.07, 6.45) is 6.59. The molecule has 0 aromatic heterocycles. The van der Waals surface area contributed by atoms with Gasteiger partial charge in [-0.1, -0.05) is 53.6 Å². The Labute approximate surface area is 169 Å². The highest BCUT2D eigenvalue weighted by molar-refractivity contribution is 5.48. The van der Waals surface area contributed by atoms with Crippen molar-refractivity contribution in [2.75, 3.05) is 25.6 Å². The van der Waals surface area contributed by atoms with Gasteiger partial charge in [0, 0.05) is 11.6 Å². The Hall–Kier alpha value is -2.52. The largest absolute Gasteiger partial charge is 0.497 e. The molecule has 0 spiro atoms. The Bertz CT molecular complexity index is 789. The van der Waals surface area contributed by atoms with E-state index in [1.165, 1.54) is 16.7 Å². The van der Waals surface area contributed by atoms with Crippen LogP contribution in [0.5, 0.6) is 5.75 Å². The minimum atomic E-state index is 0.213. The van der Waals surface area contributed by atoms with Crippen molar-refractivity contribution in [3.05, 3.63) is 83.5 Å². The molecular formula is C25H31NO2. The molecule has 0 bridgehead atoms. The van der Waals surface area contributed by atoms with Crippen LogP contribution in [0.2, 0.25) is 0 Å². The van der Waals surface area contributed by atoms with Crippen LogP contribution in [0.1, 0.15) is 38.3 Å². The third kappa shape index (κ3) is 5.49. The molecule has 1 heterocycles. The summed E-state index contributed by atoms with van der Waals surface area (Å²) in [7, 11) is 1.69. The first-order valence-corrected chi connectivity index (χ1v) is 10.0. The first-order valence-electron chi connectivity index (χ1n) is 10.0. The molecule has 0 aliphatic carbocycles. The summed E-state index contributed by atoms with van der Waals surface area (Å²) in [5.41, 5.74) is 5.33. The molecule has 1 saturated heterocycles. The predicted octanol–water partition coefficient (Wildman–Crippen LogP) is 6.17. The summed E-state index contributed by atoms with van der Waals surface area (Å²) in [6, 6.07) is 18.9. The monoisotopic (exact) mass is 377 g/mol. The van der Waals surface area contributed by atoms with Gasteiger partial charge >= 0.3 is 0 Å². The van der Waals surface area contributed by atoms with Gasteiger partial charge in [-0.2, -0.15) is 0 Å². The van der Waals surface area contributed by atoms with Crippen LogP contribution < -0.4 is 10.1 Å². The van der Waals surface area contributed by atoms with Gasteiger partial charge in [0.1, 0.15) is 5.75 Å². The third-order valence-electron chi connectivity index (χ3n) is 5.28. The molecule has 2 aromatic carbocycles. The van der Waals surface area contributed by atoms with Gasteiger partial charge in [0.15, 0.2) is 0 Å². The molecule has 1 aliphatic heterocycles. The highest BCUT2D eigenvalue weighted by Gasteiger charge is 2.18. The molecular weight excluding hydrogens is 346 g/mol. The molecule has 1 N–H and O–H groups in total. The Morgan fingerprint density at radius 3 is 2.57 bits per heavy atom. The van der Waals surface area contributed by atoms with E-state index in [-0.39, 0.29) is 6.04 Å². The van der Waals surface area contributed by atoms with E-state index in [1.54, 1.807) is 7.11 Å². The molecule has 3 rings (SSSR count). The molecule has 0 radical (unpaired) electrons. The quantitative estimate of drug-likeness (QED) is 0.586. The zero-order valence-corrected chi connectivity index (χ0v) is 17.2. The van der Waals surface area contributed by atoms with Crippen LogP contribution in [-0.4, -0.2) is 20.3 Å². The lowest BCUT2D eigenvalue weighted by atomic mass is 9.90. The Morgan fingerprint density at radius 1 is 1.14 bits per heavy atom. The molecule has 2 aromatic rings. The maximum Gasteiger partial charge on any atom is 0.119 e. The van der Waals surface area contributed by atoms with Crippen LogP contribution in [0.15, 0.2) is 77.9 Å². The topological polar surface area (TPSA) is 30.5 Å². The Balaban J connectivity index is 1.73. The Kier molecular flexibility index (Phi) is 7.32. The maximum atomic E-state index is 5.71. The van der Waals surface area contributed by atoms with E-state index < -0.39 is 0 Å². The molecule has 28 heavy (non-hydrogen) atoms. The highest BCUT2D eigenvalue weighted by atomic mass is 16.5. The average molecular weight is 378 g/mol. The fourth-order valence-corrected chi connectivity index (χ4v) is 3.70. The zero-order chi connectivity index (χ0) is 19.8. The van der Waals surface area contributed by atoms with Crippen molar-refractivity contribution in [1.82, 2.24) is 0 Å². The smallest absolute Gasteiger partial charge is 0.119 e. The number of anilines is 1. The van der Waals surface area contributed by atoms with Crippen molar-refractivity contribution in [1.29, 1.82) is 0 Å². The third-order valence-corrected chi connectivity index (χ3v) is 5.28. The summed E-state index contributed by atoms with van der Waals surface area (Å²) in [5.74, 6) is 1.27. The highest BCUT2D eigenvalue weighted by Crippen LogP contribution is 2.28. The standard InChI is InChI=1S/C25H31NO2/c1-19(2)24-16-17-28-18-21(24)10-7-11-25(20-8-5-4-6-9-20)26-22-12-14-23(27-3)15-13-22/h4-10,12-15,21,25-26H,11,16-18H2,1-3H3/b10-7+/t21-,25-/m0/s1. The van der Waals surface area contributed by atoms with Gasteiger partial charge in [0.2, 0.25) is 0 Å². The van der Waals surface area contributed by atoms with Gasteiger partial charge in [-0.15, -0.1) is 0 Å². The number of ether oxygens (including phenoxy) is 2. The number of rotatable bonds is 7. The molecule has 0 unspecified atom stereocenters. The maximum absolute atomic E-state index is 5.71. The summed E-state index contributed by atoms with van der Waals surface area (Å²) in [6.45, 7) is 6.05. The second-order valence-electron chi connectivity index (χ2n) is 7.46. The van der Waals surface area contributed by atoms with E-state index in [1.807, 2.05) is 12.1 Å². The van der Waals surface area contributed by atoms with E-state index in [4.69, 9.17) is 9.47 Å². The predicted molar refractivity (Wildman–Crippen MR) is 117 cm³/mol. The molecule has 1 fully saturated rings. The molecule has 3 heteroatoms. The van der Waals surface area contributed by atoms with E-state index in [0.29, 0.717) is 5.92 Å². The molecule has 3 nitrogen and oxygen atoms in total. The van der Waals surface area contributed by atoms with Gasteiger partial charge in [0.25, 0.3) is 0 Å². The summed E-state index contributed by atoms with van der Waals surface area (Å²) in [5, 5.41) is 3.67. The van der Waals surface area contributed by atoms with Crippen LogP contribution in [0.25, 0.3) is 0 Å². The summed E-state index contributed by atoms with van der Waals surface area (Å²) >= 11 is 0. The van der Waals surface area contributed by atoms with Crippen LogP contribution >= 0.6 is 0 Å². The number of nitrogens with one attached hydrogen (secondary N) is 1. The molecule has 2 atom stereocenters. The fraction of sp³-hybridized carbons (Fsp3) is 0.360. The average Bonchev–Trinajstić information content (AvgIpc) is 2.74. The van der Waals surface area contributed by atoms with Crippen molar-refractivity contribution in [3.63, 3.8) is 0 Å². The van der Waals surface area contributed by atoms with Crippen molar-refractivity contribution in [2.45, 2.75) is 32.7 Å². The summed E-state index contributed by atoms with van der Waals surface area (Å²) in [4.78, 5) is 0. The molecule has 1 aliphatic rings. The second-order valence-corrected chi connectivity index (χ2v) is 7.46. The Morgan fingerprint density at radius 2 is 1.89 bits per heavy atom. The van der Waals surface area contributed by atoms with Crippen LogP contribution in [0, 0.1) is 5.92 Å². The van der Waals surface area contributed by atoms with Gasteiger partial charge in [0.05, 0.1) is 26.4 Å². The van der Waals surface area contributed by atoms with Crippen LogP contribution in [0.4, 0.5) is 5.69 Å². The van der Waals surface area contributed by atoms with E-state index in [9.17, 15) is 0 Å². The number of benzene rings is 2.